The number of nitrogens with zero attached hydrogens (tertiary/aromatic N) is 1. The molecule has 0 radical (unpaired) electrons. The van der Waals surface area contributed by atoms with Crippen LogP contribution in [0.1, 0.15) is 75.8 Å². The van der Waals surface area contributed by atoms with E-state index in [0.29, 0.717) is 37.7 Å². The van der Waals surface area contributed by atoms with Crippen molar-refractivity contribution >= 4 is 47.3 Å². The lowest BCUT2D eigenvalue weighted by molar-refractivity contribution is -0.159. The van der Waals surface area contributed by atoms with Crippen LogP contribution in [0.3, 0.4) is 0 Å². The summed E-state index contributed by atoms with van der Waals surface area (Å²) in [5, 5.41) is 26.5. The summed E-state index contributed by atoms with van der Waals surface area (Å²) < 4.78 is 5.04. The van der Waals surface area contributed by atoms with E-state index in [-0.39, 0.29) is 49.8 Å². The zero-order chi connectivity index (χ0) is 39.4. The highest BCUT2D eigenvalue weighted by molar-refractivity contribution is 5.97. The fourth-order valence-electron chi connectivity index (χ4n) is 6.88. The Balaban J connectivity index is 1.45. The number of rotatable bonds is 18. The first kappa shape index (κ1) is 41.0. The van der Waals surface area contributed by atoms with E-state index < -0.39 is 71.6 Å². The van der Waals surface area contributed by atoms with Gasteiger partial charge in [0.05, 0.1) is 0 Å². The van der Waals surface area contributed by atoms with E-state index in [9.17, 15) is 38.4 Å². The van der Waals surface area contributed by atoms with Gasteiger partial charge in [-0.25, -0.2) is 9.59 Å². The van der Waals surface area contributed by atoms with Gasteiger partial charge in [0.15, 0.2) is 0 Å². The minimum atomic E-state index is -2.11. The Bertz CT molecular complexity index is 1690. The van der Waals surface area contributed by atoms with Crippen molar-refractivity contribution in [3.05, 3.63) is 65.7 Å². The number of primary amides is 1. The van der Waals surface area contributed by atoms with Crippen molar-refractivity contribution in [3.63, 3.8) is 0 Å². The predicted molar refractivity (Wildman–Crippen MR) is 191 cm³/mol. The van der Waals surface area contributed by atoms with Crippen molar-refractivity contribution in [2.75, 3.05) is 0 Å². The molecule has 1 unspecified atom stereocenters. The van der Waals surface area contributed by atoms with Gasteiger partial charge in [-0.15, -0.1) is 0 Å². The van der Waals surface area contributed by atoms with Crippen LogP contribution < -0.4 is 26.4 Å². The van der Waals surface area contributed by atoms with Gasteiger partial charge >= 0.3 is 11.9 Å². The van der Waals surface area contributed by atoms with Gasteiger partial charge in [-0.05, 0) is 68.7 Å². The Morgan fingerprint density at radius 2 is 1.54 bits per heavy atom. The predicted octanol–water partition coefficient (Wildman–Crippen LogP) is 1.23. The highest BCUT2D eigenvalue weighted by atomic mass is 16.5. The largest absolute Gasteiger partial charge is 0.478 e. The second kappa shape index (κ2) is 19.3. The lowest BCUT2D eigenvalue weighted by Gasteiger charge is -2.36. The van der Waals surface area contributed by atoms with Gasteiger partial charge in [-0.3, -0.25) is 24.0 Å². The molecule has 5 atom stereocenters. The van der Waals surface area contributed by atoms with Crippen LogP contribution in [0.5, 0.6) is 5.75 Å². The molecule has 2 aliphatic rings. The molecule has 4 rings (SSSR count). The number of benzene rings is 2. The van der Waals surface area contributed by atoms with Crippen molar-refractivity contribution in [3.8, 4) is 5.75 Å². The van der Waals surface area contributed by atoms with Crippen LogP contribution in [0.2, 0.25) is 0 Å². The van der Waals surface area contributed by atoms with Gasteiger partial charge < -0.3 is 46.3 Å². The number of carboxylic acids is 2. The smallest absolute Gasteiger partial charge is 0.356 e. The third kappa shape index (κ3) is 11.6. The van der Waals surface area contributed by atoms with Crippen LogP contribution in [-0.2, 0) is 51.3 Å². The van der Waals surface area contributed by atoms with Crippen LogP contribution in [0.25, 0.3) is 0 Å². The molecule has 0 aliphatic carbocycles. The van der Waals surface area contributed by atoms with Crippen molar-refractivity contribution in [2.45, 2.75) is 108 Å². The number of carboxylic acid groups (broad SMARTS) is 2. The standard InChI is InChI=1S/C38H47N5O11/c1-22(44)19-25(20-23-11-14-27(15-12-23)54-32(37(50)51)38(52)53)33(46)42-29-10-6-5-9-26-13-17-30(43(26)36(29)49)35(48)41-28(16-18-31(39)45)34(47)40-21-24-7-3-2-4-8-24/h2-4,7-8,11-12,14-15,25-26,28-30,32H,5-6,9-10,13,16-21H2,1H3,(H2,39,45)(H,40,47)(H,41,48)(H,42,46)(H,50,51)(H,52,53)/t25-,26?,28-,29-,30-/m0/s1. The maximum absolute atomic E-state index is 14.2. The van der Waals surface area contributed by atoms with Gasteiger partial charge in [-0.2, -0.15) is 0 Å². The summed E-state index contributed by atoms with van der Waals surface area (Å²) in [5.41, 5.74) is 6.76. The van der Waals surface area contributed by atoms with Crippen molar-refractivity contribution < 1.29 is 53.3 Å². The van der Waals surface area contributed by atoms with Gasteiger partial charge in [0.2, 0.25) is 29.5 Å². The van der Waals surface area contributed by atoms with Crippen LogP contribution in [0.4, 0.5) is 0 Å². The summed E-state index contributed by atoms with van der Waals surface area (Å²) in [5.74, 6) is -7.20. The number of hydrogen-bond donors (Lipinski definition) is 6. The third-order valence-corrected chi connectivity index (χ3v) is 9.59. The Hall–Kier alpha value is -5.80. The summed E-state index contributed by atoms with van der Waals surface area (Å²) in [7, 11) is 0. The van der Waals surface area contributed by atoms with Crippen LogP contribution >= 0.6 is 0 Å². The number of ether oxygens (including phenoxy) is 1. The first-order chi connectivity index (χ1) is 25.7. The second-order valence-electron chi connectivity index (χ2n) is 13.7. The van der Waals surface area contributed by atoms with Crippen LogP contribution in [0, 0.1) is 5.92 Å². The SMILES string of the molecule is CC(=O)C[C@@H](Cc1ccc(OC(C(=O)O)C(=O)O)cc1)C(=O)N[C@H]1CCCCC2CC[C@@H](C(=O)N[C@@H](CCC(N)=O)C(=O)NCc3ccccc3)N2C1=O. The summed E-state index contributed by atoms with van der Waals surface area (Å²) in [6.07, 6.45) is 0.866. The molecule has 290 valence electrons. The molecule has 0 spiro atoms. The summed E-state index contributed by atoms with van der Waals surface area (Å²) in [6.45, 7) is 1.54. The number of Topliss-reactive ketones (excluding diaryl/α,β-unsaturated/α-hetero) is 1. The molecule has 54 heavy (non-hydrogen) atoms. The van der Waals surface area contributed by atoms with E-state index in [1.165, 1.54) is 36.1 Å². The first-order valence-corrected chi connectivity index (χ1v) is 18.0. The van der Waals surface area contributed by atoms with Gasteiger partial charge in [0.1, 0.15) is 29.7 Å². The molecule has 5 amide bonds. The monoisotopic (exact) mass is 749 g/mol. The highest BCUT2D eigenvalue weighted by Gasteiger charge is 2.45. The summed E-state index contributed by atoms with van der Waals surface area (Å²) in [4.78, 5) is 103. The van der Waals surface area contributed by atoms with Crippen molar-refractivity contribution in [1.29, 1.82) is 0 Å². The number of carbonyl (C=O) groups excluding carboxylic acids is 6. The molecule has 2 aromatic rings. The molecule has 0 saturated carbocycles. The highest BCUT2D eigenvalue weighted by Crippen LogP contribution is 2.32. The number of fused-ring (bicyclic) bond motifs is 1. The summed E-state index contributed by atoms with van der Waals surface area (Å²) in [6, 6.07) is 11.7. The molecule has 16 nitrogen and oxygen atoms in total. The zero-order valence-corrected chi connectivity index (χ0v) is 30.0. The molecule has 0 aromatic heterocycles. The molecular weight excluding hydrogens is 702 g/mol. The lowest BCUT2D eigenvalue weighted by Crippen LogP contribution is -2.58. The quantitative estimate of drug-likeness (QED) is 0.118. The Morgan fingerprint density at radius 3 is 2.17 bits per heavy atom. The molecule has 2 heterocycles. The number of aliphatic carboxylic acids is 2. The molecule has 7 N–H and O–H groups in total. The van der Waals surface area contributed by atoms with Gasteiger partial charge in [0, 0.05) is 31.3 Å². The Morgan fingerprint density at radius 1 is 0.870 bits per heavy atom. The average molecular weight is 750 g/mol. The number of nitrogens with two attached hydrogens (primary N) is 1. The van der Waals surface area contributed by atoms with Crippen LogP contribution in [-0.4, -0.2) is 92.6 Å². The normalized spacial score (nSPS) is 19.3. The van der Waals surface area contributed by atoms with Gasteiger partial charge in [-0.1, -0.05) is 55.3 Å². The van der Waals surface area contributed by atoms with E-state index in [4.69, 9.17) is 20.7 Å². The second-order valence-corrected chi connectivity index (χ2v) is 13.7. The number of amides is 5. The average Bonchev–Trinajstić information content (AvgIpc) is 3.55. The van der Waals surface area contributed by atoms with Gasteiger partial charge in [0.25, 0.3) is 6.10 Å². The fourth-order valence-corrected chi connectivity index (χ4v) is 6.88. The molecule has 2 aromatic carbocycles. The topological polar surface area (TPSA) is 252 Å². The molecule has 2 saturated heterocycles. The van der Waals surface area contributed by atoms with E-state index in [1.807, 2.05) is 30.3 Å². The summed E-state index contributed by atoms with van der Waals surface area (Å²) >= 11 is 0. The van der Waals surface area contributed by atoms with E-state index in [1.54, 1.807) is 0 Å². The number of ketones is 1. The number of nitrogens with one attached hydrogen (secondary N) is 3. The molecule has 2 aliphatic heterocycles. The van der Waals surface area contributed by atoms with E-state index in [0.717, 1.165) is 12.0 Å². The molecular formula is C38H47N5O11. The maximum atomic E-state index is 14.2. The minimum Gasteiger partial charge on any atom is -0.478 e. The van der Waals surface area contributed by atoms with Crippen molar-refractivity contribution in [1.82, 2.24) is 20.9 Å². The third-order valence-electron chi connectivity index (χ3n) is 9.59. The molecule has 16 heteroatoms. The van der Waals surface area contributed by atoms with Crippen LogP contribution in [0.15, 0.2) is 54.6 Å². The molecule has 2 fully saturated rings. The Kier molecular flexibility index (Phi) is 14.7. The minimum absolute atomic E-state index is 0.0213. The number of hydrogen-bond acceptors (Lipinski definition) is 9. The fraction of sp³-hybridized carbons (Fsp3) is 0.474. The lowest BCUT2D eigenvalue weighted by atomic mass is 9.92. The van der Waals surface area contributed by atoms with Crippen molar-refractivity contribution in [2.24, 2.45) is 11.7 Å². The van der Waals surface area contributed by atoms with E-state index in [2.05, 4.69) is 16.0 Å². The first-order valence-electron chi connectivity index (χ1n) is 18.0. The zero-order valence-electron chi connectivity index (χ0n) is 30.0. The number of carbonyl (C=O) groups is 8. The van der Waals surface area contributed by atoms with E-state index >= 15 is 0 Å². The molecule has 0 bridgehead atoms. The Labute approximate surface area is 312 Å². The maximum Gasteiger partial charge on any atom is 0.356 e.